The average molecular weight is 666 g/mol. The third-order valence-electron chi connectivity index (χ3n) is 6.91. The van der Waals surface area contributed by atoms with Crippen LogP contribution in [0, 0.1) is 5.92 Å². The number of nitrogens with zero attached hydrogens (tertiary/aromatic N) is 6. The Balaban J connectivity index is 1.54. The van der Waals surface area contributed by atoms with Crippen LogP contribution < -0.4 is 30.0 Å². The van der Waals surface area contributed by atoms with E-state index in [-0.39, 0.29) is 45.6 Å². The maximum atomic E-state index is 13.1. The van der Waals surface area contributed by atoms with Gasteiger partial charge in [-0.2, -0.15) is 4.80 Å². The quantitative estimate of drug-likeness (QED) is 0.147. The first-order chi connectivity index (χ1) is 22.6. The van der Waals surface area contributed by atoms with Crippen LogP contribution in [0.1, 0.15) is 33.6 Å². The summed E-state index contributed by atoms with van der Waals surface area (Å²) in [4.78, 5) is 54.1. The van der Waals surface area contributed by atoms with Crippen LogP contribution in [-0.2, 0) is 27.9 Å². The molecule has 1 atom stereocenters. The summed E-state index contributed by atoms with van der Waals surface area (Å²) in [6, 6.07) is 10.5. The van der Waals surface area contributed by atoms with Gasteiger partial charge in [0.1, 0.15) is 11.5 Å². The topological polar surface area (TPSA) is 210 Å². The minimum absolute atomic E-state index is 0.0318. The largest absolute Gasteiger partial charge is 0.747 e. The van der Waals surface area contributed by atoms with E-state index in [9.17, 15) is 18.9 Å². The van der Waals surface area contributed by atoms with Crippen LogP contribution in [0.5, 0.6) is 17.2 Å². The number of carbonyl (C=O) groups excluding carboxylic acids is 3. The predicted molar refractivity (Wildman–Crippen MR) is 164 cm³/mol. The van der Waals surface area contributed by atoms with Crippen molar-refractivity contribution in [3.05, 3.63) is 65.1 Å². The van der Waals surface area contributed by atoms with Crippen LogP contribution in [0.3, 0.4) is 0 Å². The Morgan fingerprint density at radius 3 is 2.53 bits per heavy atom. The first-order valence-electron chi connectivity index (χ1n) is 14.0. The highest BCUT2D eigenvalue weighted by atomic mass is 31.1. The molecule has 2 heterocycles. The maximum Gasteiger partial charge on any atom is 0.747 e. The van der Waals surface area contributed by atoms with Gasteiger partial charge in [-0.15, -0.1) is 15.1 Å². The summed E-state index contributed by atoms with van der Waals surface area (Å²) in [6.07, 6.45) is 2.88. The van der Waals surface area contributed by atoms with Gasteiger partial charge in [-0.3, -0.25) is 14.2 Å². The molecule has 0 spiro atoms. The molecular formula is C29H30N8O9P+. The number of aryl methyl sites for hydroxylation is 1. The summed E-state index contributed by atoms with van der Waals surface area (Å²) < 4.78 is 33.6. The fraction of sp³-hybridized carbons (Fsp3) is 0.276. The van der Waals surface area contributed by atoms with Crippen LogP contribution in [0.15, 0.2) is 53.7 Å². The Kier molecular flexibility index (Phi) is 9.87. The lowest BCUT2D eigenvalue weighted by Gasteiger charge is -2.17. The summed E-state index contributed by atoms with van der Waals surface area (Å²) in [5.41, 5.74) is 1.01. The van der Waals surface area contributed by atoms with E-state index < -0.39 is 26.9 Å². The number of carbonyl (C=O) groups is 3. The van der Waals surface area contributed by atoms with Crippen LogP contribution in [-0.4, -0.2) is 68.7 Å². The van der Waals surface area contributed by atoms with Crippen molar-refractivity contribution in [3.8, 4) is 28.6 Å². The summed E-state index contributed by atoms with van der Waals surface area (Å²) >= 11 is 0. The fourth-order valence-electron chi connectivity index (χ4n) is 4.46. The summed E-state index contributed by atoms with van der Waals surface area (Å²) in [5.74, 6) is -0.858. The Morgan fingerprint density at radius 2 is 1.89 bits per heavy atom. The molecule has 2 aromatic heterocycles. The molecule has 5 rings (SSSR count). The number of tetrazole rings is 1. The number of nitrogens with one attached hydrogen (secondary N) is 2. The first-order valence-corrected chi connectivity index (χ1v) is 15.2. The number of hydrogen-bond acceptors (Lipinski definition) is 12. The van der Waals surface area contributed by atoms with Gasteiger partial charge in [0.05, 0.1) is 43.3 Å². The molecular weight excluding hydrogens is 635 g/mol. The Labute approximate surface area is 268 Å². The van der Waals surface area contributed by atoms with Crippen LogP contribution in [0.4, 0.5) is 11.5 Å². The molecule has 0 radical (unpaired) electrons. The van der Waals surface area contributed by atoms with E-state index in [1.54, 1.807) is 25.2 Å². The van der Waals surface area contributed by atoms with Crippen molar-refractivity contribution in [1.82, 2.24) is 30.1 Å². The highest BCUT2D eigenvalue weighted by Gasteiger charge is 2.30. The molecule has 0 bridgehead atoms. The average Bonchev–Trinajstić information content (AvgIpc) is 3.83. The zero-order chi connectivity index (χ0) is 33.7. The van der Waals surface area contributed by atoms with Crippen molar-refractivity contribution in [2.75, 3.05) is 26.6 Å². The van der Waals surface area contributed by atoms with Gasteiger partial charge in [0, 0.05) is 29.8 Å². The second kappa shape index (κ2) is 14.2. The predicted octanol–water partition coefficient (Wildman–Crippen LogP) is 2.48. The molecule has 1 unspecified atom stereocenters. The van der Waals surface area contributed by atoms with Crippen LogP contribution >= 0.6 is 8.25 Å². The third-order valence-corrected chi connectivity index (χ3v) is 7.27. The standard InChI is InChI=1S/C29H29N8O9P/c1-30-28(39)19-14-37(15-45-29(40)17-10-11-22(46-47(41)42)23(12-17)43-3)24(32-27(38)16-8-9-16)13-21(19)31-20-7-5-6-18(25(20)44-4)26-33-35-36(2)34-26/h5-7,10-14,16H,8-9,15H2,1-4H3,(H2-,30,31,32,38,39,41,42)/p+1. The van der Waals surface area contributed by atoms with E-state index in [1.807, 2.05) is 0 Å². The highest BCUT2D eigenvalue weighted by molar-refractivity contribution is 7.32. The van der Waals surface area contributed by atoms with Crippen molar-refractivity contribution in [3.63, 3.8) is 0 Å². The van der Waals surface area contributed by atoms with E-state index in [1.165, 1.54) is 61.1 Å². The van der Waals surface area contributed by atoms with E-state index in [2.05, 4.69) is 26.0 Å². The summed E-state index contributed by atoms with van der Waals surface area (Å²) in [5, 5.41) is 17.8. The van der Waals surface area contributed by atoms with Gasteiger partial charge in [0.2, 0.25) is 17.5 Å². The van der Waals surface area contributed by atoms with Crippen LogP contribution in [0.2, 0.25) is 0 Å². The van der Waals surface area contributed by atoms with E-state index in [4.69, 9.17) is 28.6 Å². The van der Waals surface area contributed by atoms with Gasteiger partial charge < -0.3 is 24.8 Å². The maximum absolute atomic E-state index is 13.1. The lowest BCUT2D eigenvalue weighted by molar-refractivity contribution is -0.117. The van der Waals surface area contributed by atoms with Gasteiger partial charge in [-0.1, -0.05) is 6.07 Å². The second-order valence-corrected chi connectivity index (χ2v) is 10.8. The molecule has 1 fully saturated rings. The number of aromatic nitrogens is 5. The Hall–Kier alpha value is -5.67. The molecule has 0 aliphatic heterocycles. The normalized spacial score (nSPS) is 13.0. The number of pyridine rings is 1. The monoisotopic (exact) mass is 665 g/mol. The van der Waals surface area contributed by atoms with E-state index >= 15 is 0 Å². The highest BCUT2D eigenvalue weighted by Crippen LogP contribution is 2.37. The summed E-state index contributed by atoms with van der Waals surface area (Å²) in [6.45, 7) is -0.413. The summed E-state index contributed by atoms with van der Waals surface area (Å²) in [7, 11) is 2.90. The number of para-hydroxylation sites is 1. The minimum atomic E-state index is -2.96. The minimum Gasteiger partial charge on any atom is -0.494 e. The van der Waals surface area contributed by atoms with E-state index in [0.29, 0.717) is 22.8 Å². The Bertz CT molecular complexity index is 1940. The number of esters is 1. The molecule has 1 aliphatic rings. The number of rotatable bonds is 12. The molecule has 0 saturated heterocycles. The zero-order valence-corrected chi connectivity index (χ0v) is 26.6. The van der Waals surface area contributed by atoms with Crippen molar-refractivity contribution >= 4 is 37.5 Å². The van der Waals surface area contributed by atoms with Crippen molar-refractivity contribution in [1.29, 1.82) is 0 Å². The molecule has 18 heteroatoms. The molecule has 1 aliphatic carbocycles. The number of benzene rings is 2. The number of ether oxygens (including phenoxy) is 3. The van der Waals surface area contributed by atoms with Crippen molar-refractivity contribution < 1.29 is 42.6 Å². The van der Waals surface area contributed by atoms with Crippen molar-refractivity contribution in [2.24, 2.45) is 18.0 Å². The van der Waals surface area contributed by atoms with E-state index in [0.717, 1.165) is 12.8 Å². The number of hydrogen-bond donors (Lipinski definition) is 3. The number of amides is 2. The zero-order valence-electron chi connectivity index (χ0n) is 25.7. The molecule has 47 heavy (non-hydrogen) atoms. The molecule has 17 nitrogen and oxygen atoms in total. The number of anilines is 1. The molecule has 2 aromatic carbocycles. The first kappa shape index (κ1) is 32.7. The third kappa shape index (κ3) is 7.59. The fourth-order valence-corrected chi connectivity index (χ4v) is 4.78. The SMILES string of the molecule is CNC(=O)c1cn(COC(=O)c2ccc(O[P+](=O)O)c(OC)c2)c(NC(=O)C2CC2)cc1=Nc1cccc(-c2nnn(C)n2)c1OC. The molecule has 1 saturated carbocycles. The molecule has 3 N–H and O–H groups in total. The van der Waals surface area contributed by atoms with Gasteiger partial charge in [-0.05, 0) is 48.4 Å². The lowest BCUT2D eigenvalue weighted by atomic mass is 10.1. The van der Waals surface area contributed by atoms with Gasteiger partial charge in [0.15, 0.2) is 18.2 Å². The van der Waals surface area contributed by atoms with Crippen molar-refractivity contribution in [2.45, 2.75) is 19.6 Å². The van der Waals surface area contributed by atoms with Gasteiger partial charge in [0.25, 0.3) is 5.91 Å². The molecule has 4 aromatic rings. The van der Waals surface area contributed by atoms with Crippen LogP contribution in [0.25, 0.3) is 11.4 Å². The second-order valence-electron chi connectivity index (χ2n) is 10.1. The Morgan fingerprint density at radius 1 is 1.11 bits per heavy atom. The number of methoxy groups -OCH3 is 2. The molecule has 244 valence electrons. The molecule has 2 amide bonds. The van der Waals surface area contributed by atoms with Gasteiger partial charge >= 0.3 is 14.2 Å². The smallest absolute Gasteiger partial charge is 0.494 e. The van der Waals surface area contributed by atoms with Gasteiger partial charge in [-0.25, -0.2) is 14.3 Å². The lowest BCUT2D eigenvalue weighted by Crippen LogP contribution is -2.29.